The summed E-state index contributed by atoms with van der Waals surface area (Å²) in [6, 6.07) is 15.7. The normalized spacial score (nSPS) is 10.8. The number of benzene rings is 2. The number of aryl methyl sites for hydroxylation is 1. The van der Waals surface area contributed by atoms with Crippen LogP contribution in [0.2, 0.25) is 5.02 Å². The van der Waals surface area contributed by atoms with Gasteiger partial charge < -0.3 is 19.5 Å². The molecule has 0 atom stereocenters. The summed E-state index contributed by atoms with van der Waals surface area (Å²) in [7, 11) is 0. The van der Waals surface area contributed by atoms with Crippen molar-refractivity contribution in [2.75, 3.05) is 5.32 Å². The van der Waals surface area contributed by atoms with Gasteiger partial charge in [0.25, 0.3) is 11.8 Å². The fraction of sp³-hybridized carbons (Fsp3) is 0.0909. The average molecular weight is 409 g/mol. The lowest BCUT2D eigenvalue weighted by atomic mass is 10.1. The molecule has 0 saturated carbocycles. The molecule has 29 heavy (non-hydrogen) atoms. The molecule has 0 aliphatic rings. The molecule has 0 aliphatic carbocycles. The van der Waals surface area contributed by atoms with Gasteiger partial charge in [-0.05, 0) is 55.0 Å². The maximum Gasteiger partial charge on any atom is 0.291 e. The molecule has 0 fully saturated rings. The number of carbonyl (C=O) groups is 2. The maximum absolute atomic E-state index is 12.6. The second kappa shape index (κ2) is 7.85. The number of hydrogen-bond acceptors (Lipinski definition) is 4. The fourth-order valence-corrected chi connectivity index (χ4v) is 3.20. The first kappa shape index (κ1) is 18.8. The van der Waals surface area contributed by atoms with Gasteiger partial charge in [-0.3, -0.25) is 9.59 Å². The van der Waals surface area contributed by atoms with E-state index in [-0.39, 0.29) is 29.9 Å². The molecule has 0 aliphatic heterocycles. The van der Waals surface area contributed by atoms with Gasteiger partial charge in [-0.15, -0.1) is 0 Å². The van der Waals surface area contributed by atoms with E-state index in [1.165, 1.54) is 6.26 Å². The highest BCUT2D eigenvalue weighted by Crippen LogP contribution is 2.27. The molecular weight excluding hydrogens is 392 g/mol. The van der Waals surface area contributed by atoms with E-state index < -0.39 is 0 Å². The van der Waals surface area contributed by atoms with Gasteiger partial charge in [-0.1, -0.05) is 23.7 Å². The third kappa shape index (κ3) is 4.02. The molecule has 2 aromatic carbocycles. The Morgan fingerprint density at radius 2 is 1.90 bits per heavy atom. The van der Waals surface area contributed by atoms with Gasteiger partial charge in [0.15, 0.2) is 11.5 Å². The zero-order valence-electron chi connectivity index (χ0n) is 15.5. The van der Waals surface area contributed by atoms with Crippen LogP contribution in [0.3, 0.4) is 0 Å². The van der Waals surface area contributed by atoms with Gasteiger partial charge in [0.2, 0.25) is 0 Å². The Kier molecular flexibility index (Phi) is 5.10. The summed E-state index contributed by atoms with van der Waals surface area (Å²) in [6.45, 7) is 2.10. The summed E-state index contributed by atoms with van der Waals surface area (Å²) in [5, 5.41) is 7.00. The van der Waals surface area contributed by atoms with Gasteiger partial charge >= 0.3 is 0 Å². The summed E-state index contributed by atoms with van der Waals surface area (Å²) in [5.41, 5.74) is 2.78. The Hall–Kier alpha value is -3.51. The van der Waals surface area contributed by atoms with Crippen molar-refractivity contribution in [3.05, 3.63) is 88.5 Å². The van der Waals surface area contributed by atoms with E-state index in [0.717, 1.165) is 16.5 Å². The molecule has 0 radical (unpaired) electrons. The lowest BCUT2D eigenvalue weighted by Crippen LogP contribution is -2.23. The van der Waals surface area contributed by atoms with Crippen molar-refractivity contribution in [2.45, 2.75) is 13.5 Å². The van der Waals surface area contributed by atoms with Crippen LogP contribution in [0.5, 0.6) is 0 Å². The molecule has 2 heterocycles. The lowest BCUT2D eigenvalue weighted by Gasteiger charge is -2.08. The highest BCUT2D eigenvalue weighted by Gasteiger charge is 2.17. The van der Waals surface area contributed by atoms with Crippen LogP contribution >= 0.6 is 11.6 Å². The van der Waals surface area contributed by atoms with Crippen LogP contribution in [0.15, 0.2) is 69.7 Å². The van der Waals surface area contributed by atoms with Crippen molar-refractivity contribution >= 4 is 40.1 Å². The molecule has 7 heteroatoms. The summed E-state index contributed by atoms with van der Waals surface area (Å²) in [6.07, 6.45) is 1.44. The van der Waals surface area contributed by atoms with Crippen LogP contribution in [0.1, 0.15) is 32.2 Å². The largest absolute Gasteiger partial charge is 0.459 e. The zero-order chi connectivity index (χ0) is 20.4. The molecule has 6 nitrogen and oxygen atoms in total. The summed E-state index contributed by atoms with van der Waals surface area (Å²) >= 11 is 6.03. The minimum atomic E-state index is -0.340. The van der Waals surface area contributed by atoms with Crippen molar-refractivity contribution in [2.24, 2.45) is 0 Å². The molecule has 0 saturated heterocycles. The molecule has 146 valence electrons. The third-order valence-electron chi connectivity index (χ3n) is 4.49. The summed E-state index contributed by atoms with van der Waals surface area (Å²) in [5.74, 6) is -0.179. The number of hydrogen-bond donors (Lipinski definition) is 2. The standard InChI is InChI=1S/C22H17ClN2O4/c1-13-17-11-15(23)7-8-18(17)29-20(13)22(27)24-12-14-4-2-5-16(10-14)25-21(26)19-6-3-9-28-19/h2-11H,12H2,1H3,(H,24,27)(H,25,26). The topological polar surface area (TPSA) is 84.5 Å². The van der Waals surface area contributed by atoms with E-state index in [1.807, 2.05) is 13.0 Å². The SMILES string of the molecule is Cc1c(C(=O)NCc2cccc(NC(=O)c3ccco3)c2)oc2ccc(Cl)cc12. The predicted molar refractivity (Wildman–Crippen MR) is 110 cm³/mol. The van der Waals surface area contributed by atoms with Crippen molar-refractivity contribution < 1.29 is 18.4 Å². The Labute approximate surface area is 171 Å². The third-order valence-corrected chi connectivity index (χ3v) is 4.72. The predicted octanol–water partition coefficient (Wildman–Crippen LogP) is 5.17. The van der Waals surface area contributed by atoms with Gasteiger partial charge in [-0.25, -0.2) is 0 Å². The maximum atomic E-state index is 12.6. The van der Waals surface area contributed by atoms with Crippen LogP contribution in [0.4, 0.5) is 5.69 Å². The molecule has 2 aromatic heterocycles. The van der Waals surface area contributed by atoms with Crippen LogP contribution in [0.25, 0.3) is 11.0 Å². The molecule has 0 spiro atoms. The van der Waals surface area contributed by atoms with Crippen LogP contribution in [0, 0.1) is 6.92 Å². The lowest BCUT2D eigenvalue weighted by molar-refractivity contribution is 0.0923. The van der Waals surface area contributed by atoms with E-state index in [1.54, 1.807) is 48.5 Å². The Morgan fingerprint density at radius 1 is 1.03 bits per heavy atom. The number of carbonyl (C=O) groups excluding carboxylic acids is 2. The van der Waals surface area contributed by atoms with Crippen molar-refractivity contribution in [1.29, 1.82) is 0 Å². The van der Waals surface area contributed by atoms with Crippen molar-refractivity contribution in [3.63, 3.8) is 0 Å². The van der Waals surface area contributed by atoms with E-state index in [9.17, 15) is 9.59 Å². The number of nitrogens with one attached hydrogen (secondary N) is 2. The molecule has 2 amide bonds. The number of amides is 2. The molecule has 4 aromatic rings. The number of halogens is 1. The number of furan rings is 2. The molecule has 0 bridgehead atoms. The monoisotopic (exact) mass is 408 g/mol. The number of fused-ring (bicyclic) bond motifs is 1. The van der Waals surface area contributed by atoms with Crippen LogP contribution < -0.4 is 10.6 Å². The fourth-order valence-electron chi connectivity index (χ4n) is 3.03. The quantitative estimate of drug-likeness (QED) is 0.477. The van der Waals surface area contributed by atoms with Gasteiger partial charge in [0.05, 0.1) is 6.26 Å². The Balaban J connectivity index is 1.44. The first-order chi connectivity index (χ1) is 14.0. The first-order valence-electron chi connectivity index (χ1n) is 8.92. The first-order valence-corrected chi connectivity index (χ1v) is 9.30. The zero-order valence-corrected chi connectivity index (χ0v) is 16.2. The van der Waals surface area contributed by atoms with Crippen LogP contribution in [-0.2, 0) is 6.54 Å². The minimum absolute atomic E-state index is 0.226. The Bertz CT molecular complexity index is 1190. The molecule has 4 rings (SSSR count). The van der Waals surface area contributed by atoms with E-state index in [2.05, 4.69) is 10.6 Å². The highest BCUT2D eigenvalue weighted by molar-refractivity contribution is 6.31. The van der Waals surface area contributed by atoms with E-state index in [4.69, 9.17) is 20.4 Å². The van der Waals surface area contributed by atoms with Gasteiger partial charge in [0.1, 0.15) is 5.58 Å². The highest BCUT2D eigenvalue weighted by atomic mass is 35.5. The number of rotatable bonds is 5. The second-order valence-electron chi connectivity index (χ2n) is 6.51. The minimum Gasteiger partial charge on any atom is -0.459 e. The van der Waals surface area contributed by atoms with E-state index in [0.29, 0.717) is 16.3 Å². The summed E-state index contributed by atoms with van der Waals surface area (Å²) < 4.78 is 10.8. The van der Waals surface area contributed by atoms with Gasteiger partial charge in [-0.2, -0.15) is 0 Å². The molecular formula is C22H17ClN2O4. The number of anilines is 1. The second-order valence-corrected chi connectivity index (χ2v) is 6.95. The van der Waals surface area contributed by atoms with E-state index >= 15 is 0 Å². The van der Waals surface area contributed by atoms with Crippen molar-refractivity contribution in [1.82, 2.24) is 5.32 Å². The van der Waals surface area contributed by atoms with Crippen LogP contribution in [-0.4, -0.2) is 11.8 Å². The van der Waals surface area contributed by atoms with Gasteiger partial charge in [0, 0.05) is 28.2 Å². The average Bonchev–Trinajstić information content (AvgIpc) is 3.35. The van der Waals surface area contributed by atoms with Crippen molar-refractivity contribution in [3.8, 4) is 0 Å². The smallest absolute Gasteiger partial charge is 0.291 e. The molecule has 2 N–H and O–H groups in total. The Morgan fingerprint density at radius 3 is 2.69 bits per heavy atom. The molecule has 0 unspecified atom stereocenters. The summed E-state index contributed by atoms with van der Waals surface area (Å²) in [4.78, 5) is 24.7.